The Hall–Kier alpha value is -6.60. The second-order valence-electron chi connectivity index (χ2n) is 15.6. The highest BCUT2D eigenvalue weighted by atomic mass is 16.2. The Morgan fingerprint density at radius 3 is 1.53 bits per heavy atom. The van der Waals surface area contributed by atoms with Crippen molar-refractivity contribution in [3.8, 4) is 22.3 Å². The number of hydrogen-bond acceptors (Lipinski definition) is 4. The van der Waals surface area contributed by atoms with Crippen molar-refractivity contribution in [2.75, 3.05) is 43.3 Å². The van der Waals surface area contributed by atoms with Crippen LogP contribution in [0.15, 0.2) is 151 Å². The Kier molecular flexibility index (Phi) is 10.2. The van der Waals surface area contributed by atoms with E-state index in [-0.39, 0.29) is 30.3 Å². The van der Waals surface area contributed by atoms with Crippen molar-refractivity contribution in [1.82, 2.24) is 5.23 Å². The van der Waals surface area contributed by atoms with Crippen molar-refractivity contribution in [3.63, 3.8) is 0 Å². The lowest BCUT2D eigenvalue weighted by Crippen LogP contribution is -2.48. The molecule has 6 nitrogen and oxygen atoms in total. The minimum absolute atomic E-state index is 0.110. The zero-order chi connectivity index (χ0) is 39.8. The van der Waals surface area contributed by atoms with Crippen LogP contribution in [0.5, 0.6) is 0 Å². The van der Waals surface area contributed by atoms with Gasteiger partial charge in [-0.05, 0) is 101 Å². The van der Waals surface area contributed by atoms with Crippen LogP contribution in [0.2, 0.25) is 0 Å². The number of nitrogens with one attached hydrogen (secondary N) is 2. The smallest absolute Gasteiger partial charge is 0.278 e. The summed E-state index contributed by atoms with van der Waals surface area (Å²) in [5.74, 6) is -0.747. The highest BCUT2D eigenvalue weighted by Crippen LogP contribution is 2.49. The van der Waals surface area contributed by atoms with Crippen LogP contribution < -0.4 is 20.3 Å². The minimum Gasteiger partial charge on any atom is -0.393 e. The predicted molar refractivity (Wildman–Crippen MR) is 239 cm³/mol. The van der Waals surface area contributed by atoms with Crippen LogP contribution in [-0.2, 0) is 0 Å². The molecule has 8 rings (SSSR count). The fraction of sp³-hybridized carbons (Fsp3) is 0.160. The molecule has 2 amide bonds. The van der Waals surface area contributed by atoms with Crippen LogP contribution >= 0.6 is 0 Å². The van der Waals surface area contributed by atoms with Gasteiger partial charge in [0.25, 0.3) is 12.8 Å². The summed E-state index contributed by atoms with van der Waals surface area (Å²) >= 11 is 0. The standard InChI is InChI=1S/C50H47BN4O2/c1-32-29-44-39(34-15-9-7-10-16-34)19-13-21-41(44)47(32)51(48-33(2)30-45-40(20-14-22-42(45)48)35-17-11-8-12-18-35)53-50(57)43-28-27-38(55(5)6)31-46(43)52-49(56)36-23-25-37(26-24-36)54(3)4/h7-31,47-48H,1-6H3,(H,52,56)(H,53,57). The molecule has 2 unspecified atom stereocenters. The number of nitrogens with zero attached hydrogens (tertiary/aromatic N) is 2. The molecule has 0 aliphatic heterocycles. The zero-order valence-electron chi connectivity index (χ0n) is 33.4. The summed E-state index contributed by atoms with van der Waals surface area (Å²) in [5, 5.41) is 6.71. The average Bonchev–Trinajstić information content (AvgIpc) is 3.75. The van der Waals surface area contributed by atoms with E-state index in [1.54, 1.807) is 0 Å². The van der Waals surface area contributed by atoms with Crippen molar-refractivity contribution in [3.05, 3.63) is 184 Å². The normalized spacial score (nSPS) is 15.2. The van der Waals surface area contributed by atoms with Gasteiger partial charge in [0.05, 0.1) is 11.3 Å². The second-order valence-corrected chi connectivity index (χ2v) is 15.6. The predicted octanol–water partition coefficient (Wildman–Crippen LogP) is 10.6. The number of carbonyl (C=O) groups is 2. The van der Waals surface area contributed by atoms with E-state index >= 15 is 4.79 Å². The summed E-state index contributed by atoms with van der Waals surface area (Å²) in [4.78, 5) is 32.7. The minimum atomic E-state index is -0.347. The molecule has 0 saturated carbocycles. The lowest BCUT2D eigenvalue weighted by atomic mass is 9.38. The highest BCUT2D eigenvalue weighted by molar-refractivity contribution is 6.65. The molecule has 0 spiro atoms. The fourth-order valence-corrected chi connectivity index (χ4v) is 8.65. The lowest BCUT2D eigenvalue weighted by Gasteiger charge is -2.31. The van der Waals surface area contributed by atoms with Crippen LogP contribution in [0.4, 0.5) is 17.1 Å². The van der Waals surface area contributed by atoms with E-state index in [1.165, 1.54) is 44.5 Å². The first kappa shape index (κ1) is 37.3. The van der Waals surface area contributed by atoms with Gasteiger partial charge in [0, 0.05) is 56.8 Å². The van der Waals surface area contributed by atoms with E-state index < -0.39 is 0 Å². The van der Waals surface area contributed by atoms with E-state index in [1.807, 2.05) is 92.6 Å². The number of rotatable bonds is 10. The quantitative estimate of drug-likeness (QED) is 0.137. The maximum atomic E-state index is 15.0. The van der Waals surface area contributed by atoms with Gasteiger partial charge in [0.15, 0.2) is 0 Å². The Bertz CT molecular complexity index is 2430. The molecule has 2 N–H and O–H groups in total. The monoisotopic (exact) mass is 746 g/mol. The number of carbonyl (C=O) groups excluding carboxylic acids is 2. The van der Waals surface area contributed by atoms with Gasteiger partial charge in [-0.25, -0.2) is 0 Å². The first-order chi connectivity index (χ1) is 27.6. The first-order valence-corrected chi connectivity index (χ1v) is 19.5. The summed E-state index contributed by atoms with van der Waals surface area (Å²) < 4.78 is 0. The third-order valence-electron chi connectivity index (χ3n) is 11.5. The van der Waals surface area contributed by atoms with Crippen molar-refractivity contribution < 1.29 is 9.59 Å². The van der Waals surface area contributed by atoms with E-state index in [9.17, 15) is 4.79 Å². The molecule has 7 heteroatoms. The van der Waals surface area contributed by atoms with Gasteiger partial charge in [-0.3, -0.25) is 9.59 Å². The van der Waals surface area contributed by atoms with Crippen molar-refractivity contribution in [1.29, 1.82) is 0 Å². The zero-order valence-corrected chi connectivity index (χ0v) is 33.4. The molecule has 0 bridgehead atoms. The molecule has 282 valence electrons. The molecule has 0 heterocycles. The van der Waals surface area contributed by atoms with Crippen molar-refractivity contribution >= 4 is 47.9 Å². The summed E-state index contributed by atoms with van der Waals surface area (Å²) in [7, 11) is 7.83. The van der Waals surface area contributed by atoms with Crippen LogP contribution in [0.1, 0.15) is 68.5 Å². The molecular weight excluding hydrogens is 699 g/mol. The molecule has 0 radical (unpaired) electrons. The summed E-state index contributed by atoms with van der Waals surface area (Å²) in [6.07, 6.45) is 4.60. The Morgan fingerprint density at radius 1 is 0.544 bits per heavy atom. The Labute approximate surface area is 336 Å². The van der Waals surface area contributed by atoms with Crippen molar-refractivity contribution in [2.45, 2.75) is 25.5 Å². The molecule has 2 atom stereocenters. The van der Waals surface area contributed by atoms with Gasteiger partial charge in [0.2, 0.25) is 5.91 Å². The van der Waals surface area contributed by atoms with Gasteiger partial charge in [-0.2, -0.15) is 0 Å². The molecule has 0 fully saturated rings. The summed E-state index contributed by atoms with van der Waals surface area (Å²) in [5.41, 5.74) is 15.0. The van der Waals surface area contributed by atoms with Gasteiger partial charge < -0.3 is 20.3 Å². The van der Waals surface area contributed by atoms with Gasteiger partial charge in [-0.15, -0.1) is 0 Å². The molecule has 0 aromatic heterocycles. The number of amides is 2. The lowest BCUT2D eigenvalue weighted by molar-refractivity contribution is 0.0979. The third kappa shape index (κ3) is 7.17. The van der Waals surface area contributed by atoms with Crippen LogP contribution in [-0.4, -0.2) is 46.9 Å². The summed E-state index contributed by atoms with van der Waals surface area (Å²) in [6.45, 7) is 4.03. The van der Waals surface area contributed by atoms with Crippen LogP contribution in [0.3, 0.4) is 0 Å². The highest BCUT2D eigenvalue weighted by Gasteiger charge is 2.45. The number of benzene rings is 6. The topological polar surface area (TPSA) is 64.7 Å². The first-order valence-electron chi connectivity index (χ1n) is 19.5. The second kappa shape index (κ2) is 15.5. The Morgan fingerprint density at radius 2 is 1.04 bits per heavy atom. The molecule has 2 aliphatic carbocycles. The van der Waals surface area contributed by atoms with E-state index in [4.69, 9.17) is 0 Å². The number of allylic oxidation sites excluding steroid dienone is 2. The van der Waals surface area contributed by atoms with Gasteiger partial charge in [0.1, 0.15) is 0 Å². The molecule has 57 heavy (non-hydrogen) atoms. The Balaban J connectivity index is 1.22. The van der Waals surface area contributed by atoms with Gasteiger partial charge in [-0.1, -0.05) is 120 Å². The molecular formula is C50H47BN4O2. The van der Waals surface area contributed by atoms with Crippen LogP contribution in [0, 0.1) is 0 Å². The van der Waals surface area contributed by atoms with E-state index in [2.05, 4.69) is 121 Å². The molecule has 6 aromatic carbocycles. The maximum absolute atomic E-state index is 15.0. The number of fused-ring (bicyclic) bond motifs is 2. The molecule has 2 aliphatic rings. The molecule has 0 saturated heterocycles. The van der Waals surface area contributed by atoms with Gasteiger partial charge >= 0.3 is 0 Å². The average molecular weight is 747 g/mol. The number of hydrogen-bond donors (Lipinski definition) is 2. The maximum Gasteiger partial charge on any atom is 0.278 e. The fourth-order valence-electron chi connectivity index (χ4n) is 8.65. The molecule has 6 aromatic rings. The number of anilines is 3. The largest absolute Gasteiger partial charge is 0.393 e. The summed E-state index contributed by atoms with van der Waals surface area (Å²) in [6, 6.07) is 47.1. The SMILES string of the molecule is CC1=Cc2c(-c3ccccc3)cccc2C1B(NC(=O)c1ccc(N(C)C)cc1NC(=O)c1ccc(N(C)C)cc1)C1C(C)=Cc2c(-c3ccccc3)cccc21. The van der Waals surface area contributed by atoms with Crippen LogP contribution in [0.25, 0.3) is 34.4 Å². The van der Waals surface area contributed by atoms with E-state index in [0.717, 1.165) is 22.5 Å². The van der Waals surface area contributed by atoms with Crippen molar-refractivity contribution in [2.24, 2.45) is 0 Å². The third-order valence-corrected chi connectivity index (χ3v) is 11.5. The van der Waals surface area contributed by atoms with E-state index in [0.29, 0.717) is 16.8 Å².